The van der Waals surface area contributed by atoms with E-state index in [0.29, 0.717) is 13.0 Å². The highest BCUT2D eigenvalue weighted by Gasteiger charge is 2.24. The number of fused-ring (bicyclic) bond motifs is 1. The lowest BCUT2D eigenvalue weighted by Crippen LogP contribution is -2.36. The third kappa shape index (κ3) is 4.15. The predicted molar refractivity (Wildman–Crippen MR) is 92.3 cm³/mol. The zero-order chi connectivity index (χ0) is 17.2. The number of carbonyl (C=O) groups excluding carboxylic acids is 1. The van der Waals surface area contributed by atoms with Crippen molar-refractivity contribution < 1.29 is 17.9 Å². The van der Waals surface area contributed by atoms with Crippen LogP contribution in [0.4, 0.5) is 0 Å². The Kier molecular flexibility index (Phi) is 4.91. The molecule has 24 heavy (non-hydrogen) atoms. The van der Waals surface area contributed by atoms with Crippen LogP contribution in [0.25, 0.3) is 10.9 Å². The molecule has 1 unspecified atom stereocenters. The molecule has 1 amide bonds. The van der Waals surface area contributed by atoms with E-state index < -0.39 is 15.9 Å². The number of rotatable bonds is 6. The van der Waals surface area contributed by atoms with Crippen LogP contribution in [0, 0.1) is 6.92 Å². The van der Waals surface area contributed by atoms with Gasteiger partial charge in [0.1, 0.15) is 0 Å². The quantitative estimate of drug-likeness (QED) is 0.834. The van der Waals surface area contributed by atoms with Gasteiger partial charge in [-0.15, -0.1) is 0 Å². The molecule has 0 saturated carbocycles. The Bertz CT molecular complexity index is 835. The number of sulfonamides is 1. The summed E-state index contributed by atoms with van der Waals surface area (Å²) in [5, 5.41) is 1.07. The van der Waals surface area contributed by atoms with E-state index in [-0.39, 0.29) is 18.3 Å². The van der Waals surface area contributed by atoms with Gasteiger partial charge in [0, 0.05) is 30.1 Å². The first-order valence-electron chi connectivity index (χ1n) is 8.14. The maximum atomic E-state index is 12.0. The molecule has 2 N–H and O–H groups in total. The molecule has 1 aliphatic rings. The number of aromatic amines is 1. The molecule has 130 valence electrons. The van der Waals surface area contributed by atoms with Crippen LogP contribution in [0.2, 0.25) is 0 Å². The fraction of sp³-hybridized carbons (Fsp3) is 0.471. The van der Waals surface area contributed by atoms with E-state index in [2.05, 4.69) is 9.71 Å². The van der Waals surface area contributed by atoms with Crippen molar-refractivity contribution in [1.82, 2.24) is 9.71 Å². The fourth-order valence-corrected chi connectivity index (χ4v) is 4.33. The number of benzene rings is 1. The molecule has 2 heterocycles. The monoisotopic (exact) mass is 350 g/mol. The summed E-state index contributed by atoms with van der Waals surface area (Å²) in [4.78, 5) is 15.2. The van der Waals surface area contributed by atoms with Gasteiger partial charge < -0.3 is 9.72 Å². The van der Waals surface area contributed by atoms with Gasteiger partial charge in [0.05, 0.1) is 11.9 Å². The number of hydrogen-bond donors (Lipinski definition) is 2. The van der Waals surface area contributed by atoms with Crippen molar-refractivity contribution in [2.24, 2.45) is 0 Å². The molecular formula is C17H22N2O4S. The maximum Gasteiger partial charge on any atom is 0.237 e. The SMILES string of the molecule is Cc1ccc2c(CCC(=O)NS(=O)(=O)CC3CCCO3)c[nH]c2c1. The second-order valence-corrected chi connectivity index (χ2v) is 8.07. The number of ether oxygens (including phenoxy) is 1. The van der Waals surface area contributed by atoms with E-state index in [1.54, 1.807) is 0 Å². The smallest absolute Gasteiger partial charge is 0.237 e. The average molecular weight is 350 g/mol. The summed E-state index contributed by atoms with van der Waals surface area (Å²) in [6.45, 7) is 2.61. The van der Waals surface area contributed by atoms with Crippen molar-refractivity contribution in [2.45, 2.75) is 38.7 Å². The molecule has 1 aromatic carbocycles. The average Bonchev–Trinajstić information content (AvgIpc) is 3.13. The highest BCUT2D eigenvalue weighted by molar-refractivity contribution is 7.90. The molecular weight excluding hydrogens is 328 g/mol. The van der Waals surface area contributed by atoms with Crippen molar-refractivity contribution in [3.63, 3.8) is 0 Å². The molecule has 1 aliphatic heterocycles. The lowest BCUT2D eigenvalue weighted by molar-refractivity contribution is -0.119. The van der Waals surface area contributed by atoms with Crippen LogP contribution < -0.4 is 4.72 Å². The molecule has 1 aromatic heterocycles. The van der Waals surface area contributed by atoms with Crippen LogP contribution in [-0.2, 0) is 26.0 Å². The lowest BCUT2D eigenvalue weighted by Gasteiger charge is -2.11. The first kappa shape index (κ1) is 17.0. The van der Waals surface area contributed by atoms with Gasteiger partial charge in [0.15, 0.2) is 0 Å². The van der Waals surface area contributed by atoms with Crippen molar-refractivity contribution in [2.75, 3.05) is 12.4 Å². The van der Waals surface area contributed by atoms with Gasteiger partial charge in [-0.05, 0) is 43.4 Å². The Morgan fingerprint density at radius 2 is 2.25 bits per heavy atom. The number of amides is 1. The summed E-state index contributed by atoms with van der Waals surface area (Å²) in [5.41, 5.74) is 3.20. The zero-order valence-electron chi connectivity index (χ0n) is 13.7. The Morgan fingerprint density at radius 1 is 1.42 bits per heavy atom. The van der Waals surface area contributed by atoms with Crippen LogP contribution in [0.15, 0.2) is 24.4 Å². The minimum absolute atomic E-state index is 0.131. The van der Waals surface area contributed by atoms with Gasteiger partial charge in [0.25, 0.3) is 0 Å². The van der Waals surface area contributed by atoms with Crippen molar-refractivity contribution in [3.05, 3.63) is 35.5 Å². The Morgan fingerprint density at radius 3 is 3.00 bits per heavy atom. The molecule has 7 heteroatoms. The number of aryl methyl sites for hydroxylation is 2. The summed E-state index contributed by atoms with van der Waals surface area (Å²) in [6.07, 6.45) is 3.79. The molecule has 6 nitrogen and oxygen atoms in total. The van der Waals surface area contributed by atoms with E-state index in [4.69, 9.17) is 4.74 Å². The van der Waals surface area contributed by atoms with Crippen LogP contribution in [0.1, 0.15) is 30.4 Å². The topological polar surface area (TPSA) is 88.3 Å². The Balaban J connectivity index is 1.56. The molecule has 0 radical (unpaired) electrons. The minimum atomic E-state index is -3.64. The van der Waals surface area contributed by atoms with Crippen LogP contribution in [0.5, 0.6) is 0 Å². The summed E-state index contributed by atoms with van der Waals surface area (Å²) in [5.74, 6) is -0.625. The predicted octanol–water partition coefficient (Wildman–Crippen LogP) is 2.03. The van der Waals surface area contributed by atoms with E-state index in [1.807, 2.05) is 31.3 Å². The third-order valence-electron chi connectivity index (χ3n) is 4.24. The van der Waals surface area contributed by atoms with Crippen molar-refractivity contribution in [1.29, 1.82) is 0 Å². The maximum absolute atomic E-state index is 12.0. The van der Waals surface area contributed by atoms with Gasteiger partial charge in [-0.1, -0.05) is 12.1 Å². The first-order valence-corrected chi connectivity index (χ1v) is 9.80. The van der Waals surface area contributed by atoms with Crippen LogP contribution in [-0.4, -0.2) is 37.8 Å². The molecule has 0 spiro atoms. The zero-order valence-corrected chi connectivity index (χ0v) is 14.5. The molecule has 1 fully saturated rings. The van der Waals surface area contributed by atoms with Crippen molar-refractivity contribution >= 4 is 26.8 Å². The van der Waals surface area contributed by atoms with Gasteiger partial charge in [-0.2, -0.15) is 0 Å². The van der Waals surface area contributed by atoms with Gasteiger partial charge in [0.2, 0.25) is 15.9 Å². The fourth-order valence-electron chi connectivity index (χ4n) is 3.04. The minimum Gasteiger partial charge on any atom is -0.377 e. The second kappa shape index (κ2) is 6.94. The van der Waals surface area contributed by atoms with Crippen LogP contribution in [0.3, 0.4) is 0 Å². The number of H-pyrrole nitrogens is 1. The first-order chi connectivity index (χ1) is 11.4. The molecule has 0 aliphatic carbocycles. The lowest BCUT2D eigenvalue weighted by atomic mass is 10.1. The van der Waals surface area contributed by atoms with E-state index in [1.165, 1.54) is 0 Å². The number of carbonyl (C=O) groups is 1. The Hall–Kier alpha value is -1.86. The molecule has 0 bridgehead atoms. The third-order valence-corrected chi connectivity index (χ3v) is 5.59. The molecule has 2 aromatic rings. The molecule has 1 saturated heterocycles. The standard InChI is InChI=1S/C17H22N2O4S/c1-12-4-6-15-13(10-18-16(15)9-12)5-7-17(20)19-24(21,22)11-14-3-2-8-23-14/h4,6,9-10,14,18H,2-3,5,7-8,11H2,1H3,(H,19,20). The summed E-state index contributed by atoms with van der Waals surface area (Å²) >= 11 is 0. The van der Waals surface area contributed by atoms with Gasteiger partial charge in [-0.3, -0.25) is 9.52 Å². The number of hydrogen-bond acceptors (Lipinski definition) is 4. The molecule has 1 atom stereocenters. The Labute approximate surface area is 141 Å². The van der Waals surface area contributed by atoms with Gasteiger partial charge in [-0.25, -0.2) is 8.42 Å². The molecule has 3 rings (SSSR count). The summed E-state index contributed by atoms with van der Waals surface area (Å²) in [7, 11) is -3.64. The van der Waals surface area contributed by atoms with E-state index >= 15 is 0 Å². The van der Waals surface area contributed by atoms with Crippen LogP contribution >= 0.6 is 0 Å². The van der Waals surface area contributed by atoms with E-state index in [9.17, 15) is 13.2 Å². The highest BCUT2D eigenvalue weighted by atomic mass is 32.2. The summed E-state index contributed by atoms with van der Waals surface area (Å²) < 4.78 is 31.4. The largest absolute Gasteiger partial charge is 0.377 e. The normalized spacial score (nSPS) is 18.1. The highest BCUT2D eigenvalue weighted by Crippen LogP contribution is 2.20. The second-order valence-electron chi connectivity index (χ2n) is 6.30. The summed E-state index contributed by atoms with van der Waals surface area (Å²) in [6, 6.07) is 6.08. The van der Waals surface area contributed by atoms with E-state index in [0.717, 1.165) is 34.9 Å². The number of aromatic nitrogens is 1. The van der Waals surface area contributed by atoms with Crippen molar-refractivity contribution in [3.8, 4) is 0 Å². The van der Waals surface area contributed by atoms with Gasteiger partial charge >= 0.3 is 0 Å². The number of nitrogens with one attached hydrogen (secondary N) is 2.